The van der Waals surface area contributed by atoms with Gasteiger partial charge in [-0.3, -0.25) is 35.1 Å². The lowest BCUT2D eigenvalue weighted by Crippen LogP contribution is -2.53. The van der Waals surface area contributed by atoms with Gasteiger partial charge >= 0.3 is 0 Å². The summed E-state index contributed by atoms with van der Waals surface area (Å²) in [6.07, 6.45) is 15.3. The topological polar surface area (TPSA) is 321 Å². The highest BCUT2D eigenvalue weighted by Gasteiger charge is 2.32. The molecule has 5 saturated heterocycles. The minimum absolute atomic E-state index is 0.0744. The van der Waals surface area contributed by atoms with Crippen molar-refractivity contribution in [3.8, 4) is 0 Å². The second-order valence-electron chi connectivity index (χ2n) is 25.9. The van der Waals surface area contributed by atoms with Gasteiger partial charge in [0.2, 0.25) is 41.9 Å². The van der Waals surface area contributed by atoms with E-state index in [0.29, 0.717) is 73.5 Å². The van der Waals surface area contributed by atoms with E-state index in [1.165, 1.54) is 28.8 Å². The molecule has 35 heteroatoms. The van der Waals surface area contributed by atoms with Crippen molar-refractivity contribution in [3.05, 3.63) is 117 Å². The number of sulfonamides is 3. The van der Waals surface area contributed by atoms with Crippen molar-refractivity contribution in [2.75, 3.05) is 148 Å². The second kappa shape index (κ2) is 32.0. The molecule has 101 heavy (non-hydrogen) atoms. The van der Waals surface area contributed by atoms with Crippen molar-refractivity contribution >= 4 is 176 Å². The Bertz CT molecular complexity index is 4850. The average Bonchev–Trinajstić information content (AvgIpc) is 1.79. The minimum Gasteiger partial charge on any atom is -0.382 e. The Hall–Kier alpha value is -7.53. The molecular formula is C66H84BrCl3N20O8S3. The zero-order valence-electron chi connectivity index (χ0n) is 57.2. The van der Waals surface area contributed by atoms with Crippen LogP contribution in [0.4, 0.5) is 28.4 Å². The van der Waals surface area contributed by atoms with Crippen molar-refractivity contribution in [3.63, 3.8) is 0 Å². The van der Waals surface area contributed by atoms with Gasteiger partial charge in [-0.1, -0.05) is 56.8 Å². The molecule has 5 aliphatic rings. The van der Waals surface area contributed by atoms with E-state index in [1.807, 2.05) is 96.0 Å². The zero-order chi connectivity index (χ0) is 72.1. The highest BCUT2D eigenvalue weighted by Crippen LogP contribution is 2.36. The lowest BCUT2D eigenvalue weighted by molar-refractivity contribution is -0.131. The number of nitrogens with one attached hydrogen (secondary N) is 6. The largest absolute Gasteiger partial charge is 0.382 e. The van der Waals surface area contributed by atoms with Crippen LogP contribution in [0.25, 0.3) is 54.5 Å². The van der Waals surface area contributed by atoms with E-state index in [2.05, 4.69) is 105 Å². The first kappa shape index (κ1) is 74.7. The van der Waals surface area contributed by atoms with Crippen LogP contribution in [0.15, 0.2) is 102 Å². The minimum atomic E-state index is -3.16. The van der Waals surface area contributed by atoms with Crippen LogP contribution in [0.2, 0.25) is 15.1 Å². The molecule has 0 saturated carbocycles. The third kappa shape index (κ3) is 18.3. The summed E-state index contributed by atoms with van der Waals surface area (Å²) in [6.45, 7) is 18.3. The van der Waals surface area contributed by atoms with E-state index in [0.717, 1.165) is 153 Å². The smallest absolute Gasteiger partial charge is 0.219 e. The molecule has 0 radical (unpaired) electrons. The number of halogens is 4. The van der Waals surface area contributed by atoms with Crippen LogP contribution in [0.5, 0.6) is 0 Å². The fourth-order valence-corrected chi connectivity index (χ4v) is 17.7. The molecule has 0 aliphatic carbocycles. The molecule has 5 aromatic carbocycles. The number of fused-ring (bicyclic) bond motifs is 5. The molecule has 5 fully saturated rings. The predicted octanol–water partition coefficient (Wildman–Crippen LogP) is 9.04. The Kier molecular flexibility index (Phi) is 23.7. The van der Waals surface area contributed by atoms with E-state index in [4.69, 9.17) is 34.8 Å². The maximum atomic E-state index is 11.7. The number of hydrogen-bond donors (Lipinski definition) is 6. The summed E-state index contributed by atoms with van der Waals surface area (Å²) in [7, 11) is -9.35. The number of anilines is 5. The normalized spacial score (nSPS) is 18.7. The number of amides is 2. The van der Waals surface area contributed by atoms with Crippen molar-refractivity contribution in [2.45, 2.75) is 65.1 Å². The summed E-state index contributed by atoms with van der Waals surface area (Å²) in [5.41, 5.74) is 10.0. The lowest BCUT2D eigenvalue weighted by Gasteiger charge is -2.40. The van der Waals surface area contributed by atoms with Gasteiger partial charge in [0, 0.05) is 212 Å². The van der Waals surface area contributed by atoms with E-state index in [-0.39, 0.29) is 23.9 Å². The first-order valence-electron chi connectivity index (χ1n) is 33.1. The summed E-state index contributed by atoms with van der Waals surface area (Å²) in [6, 6.07) is 21.9. The molecule has 28 nitrogen and oxygen atoms in total. The van der Waals surface area contributed by atoms with Gasteiger partial charge in [-0.25, -0.2) is 33.9 Å². The van der Waals surface area contributed by atoms with Crippen LogP contribution in [0, 0.1) is 0 Å². The molecule has 2 amide bonds. The molecule has 6 N–H and O–H groups in total. The van der Waals surface area contributed by atoms with E-state index >= 15 is 0 Å². The third-order valence-corrected chi connectivity index (χ3v) is 23.9. The Morgan fingerprint density at radius 3 is 1.37 bits per heavy atom. The van der Waals surface area contributed by atoms with Crippen molar-refractivity contribution in [2.24, 2.45) is 0 Å². The van der Waals surface area contributed by atoms with Crippen LogP contribution in [0.3, 0.4) is 0 Å². The molecule has 10 heterocycles. The first-order valence-corrected chi connectivity index (χ1v) is 40.6. The predicted molar refractivity (Wildman–Crippen MR) is 406 cm³/mol. The molecule has 0 bridgehead atoms. The summed E-state index contributed by atoms with van der Waals surface area (Å²) >= 11 is 22.0. The molecule has 15 rings (SSSR count). The third-order valence-electron chi connectivity index (χ3n) is 18.8. The summed E-state index contributed by atoms with van der Waals surface area (Å²) < 4.78 is 75.5. The van der Waals surface area contributed by atoms with Gasteiger partial charge in [-0.05, 0) is 93.8 Å². The molecule has 0 spiro atoms. The van der Waals surface area contributed by atoms with Gasteiger partial charge in [0.25, 0.3) is 0 Å². The summed E-state index contributed by atoms with van der Waals surface area (Å²) in [5, 5.41) is 45.8. The number of piperidine rings is 1. The zero-order valence-corrected chi connectivity index (χ0v) is 63.5. The monoisotopic (exact) mass is 1560 g/mol. The van der Waals surface area contributed by atoms with Crippen molar-refractivity contribution in [1.29, 1.82) is 0 Å². The number of aromatic amines is 5. The number of carbonyl (C=O) groups excluding carboxylic acids is 2. The number of piperazine rings is 3. The lowest BCUT2D eigenvalue weighted by atomic mass is 10.1. The number of carbonyl (C=O) groups is 2. The molecule has 2 atom stereocenters. The summed E-state index contributed by atoms with van der Waals surface area (Å²) in [5.74, 6) is 0.291. The standard InChI is InChI=1S/C14H17ClN4O.C13H15BrN4O.2C13H17ClN4O2S.C13H18N4O2S/c1-9-8-18(3-4-19(9)10(2)20)14-6-11(15)5-13-12(14)7-16-17-13;1-9(19)17-2-4-18(5-3-17)13-7-10(14)6-12-11(13)8-15-16-12;1-9-8-17(3-4-18(9)21(2,19)20)13-6-10(14)5-12-11(13)7-15-16-12;1-21(19,20)18-4-2-3-17(5-6-18)13-8-10(14)7-12-11(13)9-15-16-12;1-20(18,19)17-7-5-10(6-8-17)15-12-3-2-4-13-11(12)9-14-16-13/h5-7,9H,3-4,8H2,1-2H3,(H,16,17);6-8H,2-5H2,1H3,(H,15,16);5-7,9H,3-4,8H2,1-2H3,(H,15,16);7-9H,2-6H2,1H3,(H,15,16);2-4,9-10,15H,5-8H2,1H3,(H,14,16). The fraction of sp³-hybridized carbons (Fsp3) is 0.439. The van der Waals surface area contributed by atoms with Gasteiger partial charge in [-0.15, -0.1) is 0 Å². The molecule has 5 aromatic heterocycles. The highest BCUT2D eigenvalue weighted by atomic mass is 79.9. The van der Waals surface area contributed by atoms with Crippen molar-refractivity contribution < 1.29 is 34.8 Å². The van der Waals surface area contributed by atoms with Gasteiger partial charge in [0.15, 0.2) is 0 Å². The average molecular weight is 1570 g/mol. The maximum Gasteiger partial charge on any atom is 0.219 e. The Morgan fingerprint density at radius 2 is 0.891 bits per heavy atom. The molecule has 2 unspecified atom stereocenters. The van der Waals surface area contributed by atoms with Gasteiger partial charge in [-0.2, -0.15) is 29.8 Å². The second-order valence-corrected chi connectivity index (χ2v) is 34.0. The van der Waals surface area contributed by atoms with Crippen LogP contribution in [-0.2, 0) is 39.7 Å². The number of nitrogens with zero attached hydrogens (tertiary/aromatic N) is 14. The number of rotatable bonds is 9. The Balaban J connectivity index is 0.000000127. The fourth-order valence-electron chi connectivity index (χ4n) is 13.7. The first-order chi connectivity index (χ1) is 48.1. The molecule has 542 valence electrons. The van der Waals surface area contributed by atoms with E-state index in [9.17, 15) is 34.8 Å². The van der Waals surface area contributed by atoms with Gasteiger partial charge < -0.3 is 34.7 Å². The Morgan fingerprint density at radius 1 is 0.465 bits per heavy atom. The van der Waals surface area contributed by atoms with E-state index in [1.54, 1.807) is 34.9 Å². The summed E-state index contributed by atoms with van der Waals surface area (Å²) in [4.78, 5) is 35.6. The van der Waals surface area contributed by atoms with Crippen molar-refractivity contribution in [1.82, 2.24) is 73.7 Å². The Labute approximate surface area is 610 Å². The van der Waals surface area contributed by atoms with Gasteiger partial charge in [0.1, 0.15) is 0 Å². The number of hydrogen-bond acceptors (Lipinski definition) is 18. The SMILES string of the molecule is CC(=O)N1CCN(c2cc(Br)cc3[nH]ncc23)CC1.CC(=O)N1CCN(c2cc(Cl)cc3[nH]ncc23)CC1C.CC1CN(c2cc(Cl)cc3[nH]ncc23)CCN1S(C)(=O)=O.CS(=O)(=O)N1CCC(Nc2cccc3[nH]ncc23)CC1.CS(=O)(=O)N1CCCN(c2cc(Cl)cc3[nH]ncc23)CC1. The number of H-pyrrole nitrogens is 5. The molecule has 5 aliphatic heterocycles. The highest BCUT2D eigenvalue weighted by molar-refractivity contribution is 9.10. The molecular weight excluding hydrogens is 1480 g/mol. The number of benzene rings is 5. The van der Waals surface area contributed by atoms with Gasteiger partial charge in [0.05, 0.1) is 77.3 Å². The van der Waals surface area contributed by atoms with Crippen LogP contribution >= 0.6 is 50.7 Å². The van der Waals surface area contributed by atoms with E-state index < -0.39 is 30.1 Å². The maximum absolute atomic E-state index is 11.7. The number of aromatic nitrogens is 10. The van der Waals surface area contributed by atoms with Crippen LogP contribution in [-0.4, -0.2) is 252 Å². The quantitative estimate of drug-likeness (QED) is 0.0784. The van der Waals surface area contributed by atoms with Crippen LogP contribution in [0.1, 0.15) is 47.0 Å². The molecule has 10 aromatic rings. The van der Waals surface area contributed by atoms with Crippen LogP contribution < -0.4 is 24.9 Å².